The molecule has 0 fully saturated rings. The van der Waals surface area contributed by atoms with Crippen LogP contribution in [0, 0.1) is 11.7 Å². The smallest absolute Gasteiger partial charge is 0.273 e. The van der Waals surface area contributed by atoms with E-state index in [2.05, 4.69) is 10.5 Å². The topological polar surface area (TPSA) is 98.2 Å². The molecule has 1 aliphatic carbocycles. The Balaban J connectivity index is 1.63. The summed E-state index contributed by atoms with van der Waals surface area (Å²) in [6.07, 6.45) is 3.93. The van der Waals surface area contributed by atoms with Crippen molar-refractivity contribution >= 4 is 11.8 Å². The standard InChI is InChI=1S/C18H20FN3O3/c19-13-7-5-11(6-8-13)9-12(17(20)23)10-21-18(24)16-14-3-1-2-4-15(14)25-22-16/h5-8,12H,1-4,9-10H2,(H2,20,23)(H,21,24). The molecular formula is C18H20FN3O3. The molecule has 7 heteroatoms. The van der Waals surface area contributed by atoms with Gasteiger partial charge in [-0.25, -0.2) is 4.39 Å². The second kappa shape index (κ2) is 7.46. The Morgan fingerprint density at radius 1 is 1.24 bits per heavy atom. The van der Waals surface area contributed by atoms with E-state index in [0.29, 0.717) is 12.1 Å². The number of primary amides is 1. The minimum atomic E-state index is -0.586. The van der Waals surface area contributed by atoms with Gasteiger partial charge in [0.15, 0.2) is 5.69 Å². The van der Waals surface area contributed by atoms with Gasteiger partial charge in [-0.1, -0.05) is 17.3 Å². The van der Waals surface area contributed by atoms with Crippen LogP contribution in [-0.2, 0) is 24.1 Å². The van der Waals surface area contributed by atoms with Crippen LogP contribution >= 0.6 is 0 Å². The normalized spacial score (nSPS) is 14.6. The number of halogens is 1. The molecule has 6 nitrogen and oxygen atoms in total. The van der Waals surface area contributed by atoms with Crippen molar-refractivity contribution < 1.29 is 18.5 Å². The molecule has 0 saturated heterocycles. The summed E-state index contributed by atoms with van der Waals surface area (Å²) in [4.78, 5) is 24.0. The molecule has 0 aliphatic heterocycles. The summed E-state index contributed by atoms with van der Waals surface area (Å²) >= 11 is 0. The number of hydrogen-bond donors (Lipinski definition) is 2. The van der Waals surface area contributed by atoms with Crippen molar-refractivity contribution in [1.82, 2.24) is 10.5 Å². The van der Waals surface area contributed by atoms with E-state index in [1.165, 1.54) is 12.1 Å². The van der Waals surface area contributed by atoms with Crippen LogP contribution in [0.2, 0.25) is 0 Å². The highest BCUT2D eigenvalue weighted by Crippen LogP contribution is 2.24. The third kappa shape index (κ3) is 4.04. The number of carbonyl (C=O) groups is 2. The van der Waals surface area contributed by atoms with Crippen molar-refractivity contribution in [1.29, 1.82) is 0 Å². The molecule has 1 aromatic carbocycles. The largest absolute Gasteiger partial charge is 0.369 e. The number of hydrogen-bond acceptors (Lipinski definition) is 4. The fourth-order valence-corrected chi connectivity index (χ4v) is 3.04. The first-order valence-corrected chi connectivity index (χ1v) is 8.34. The predicted octanol–water partition coefficient (Wildman–Crippen LogP) is 1.77. The molecule has 25 heavy (non-hydrogen) atoms. The molecular weight excluding hydrogens is 325 g/mol. The third-order valence-corrected chi connectivity index (χ3v) is 4.47. The maximum Gasteiger partial charge on any atom is 0.273 e. The van der Waals surface area contributed by atoms with Gasteiger partial charge in [0.2, 0.25) is 5.91 Å². The zero-order chi connectivity index (χ0) is 17.8. The van der Waals surface area contributed by atoms with E-state index in [1.807, 2.05) is 0 Å². The number of nitrogens with one attached hydrogen (secondary N) is 1. The van der Waals surface area contributed by atoms with Crippen LogP contribution in [0.1, 0.15) is 40.2 Å². The number of benzene rings is 1. The van der Waals surface area contributed by atoms with E-state index in [-0.39, 0.29) is 18.3 Å². The number of nitrogens with zero attached hydrogens (tertiary/aromatic N) is 1. The van der Waals surface area contributed by atoms with Crippen molar-refractivity contribution in [2.24, 2.45) is 11.7 Å². The fraction of sp³-hybridized carbons (Fsp3) is 0.389. The molecule has 3 rings (SSSR count). The molecule has 2 amide bonds. The summed E-state index contributed by atoms with van der Waals surface area (Å²) in [7, 11) is 0. The van der Waals surface area contributed by atoms with Crippen molar-refractivity contribution in [3.05, 3.63) is 52.7 Å². The van der Waals surface area contributed by atoms with Crippen LogP contribution in [0.25, 0.3) is 0 Å². The Labute approximate surface area is 144 Å². The maximum atomic E-state index is 13.0. The molecule has 132 valence electrons. The highest BCUT2D eigenvalue weighted by molar-refractivity contribution is 5.94. The molecule has 3 N–H and O–H groups in total. The van der Waals surface area contributed by atoms with Gasteiger partial charge >= 0.3 is 0 Å². The molecule has 0 spiro atoms. The van der Waals surface area contributed by atoms with Gasteiger partial charge in [-0.3, -0.25) is 9.59 Å². The van der Waals surface area contributed by atoms with E-state index in [1.54, 1.807) is 12.1 Å². The van der Waals surface area contributed by atoms with Crippen LogP contribution < -0.4 is 11.1 Å². The maximum absolute atomic E-state index is 13.0. The SMILES string of the molecule is NC(=O)C(CNC(=O)c1noc2c1CCCC2)Cc1ccc(F)cc1. The molecule has 1 heterocycles. The quantitative estimate of drug-likeness (QED) is 0.833. The van der Waals surface area contributed by atoms with Gasteiger partial charge < -0.3 is 15.6 Å². The Morgan fingerprint density at radius 2 is 1.96 bits per heavy atom. The van der Waals surface area contributed by atoms with Crippen LogP contribution in [0.15, 0.2) is 28.8 Å². The third-order valence-electron chi connectivity index (χ3n) is 4.47. The van der Waals surface area contributed by atoms with Gasteiger partial charge in [0.1, 0.15) is 11.6 Å². The highest BCUT2D eigenvalue weighted by Gasteiger charge is 2.25. The minimum Gasteiger partial charge on any atom is -0.369 e. The van der Waals surface area contributed by atoms with Crippen LogP contribution in [-0.4, -0.2) is 23.5 Å². The number of aromatic nitrogens is 1. The summed E-state index contributed by atoms with van der Waals surface area (Å²) in [6.45, 7) is 0.0905. The second-order valence-corrected chi connectivity index (χ2v) is 6.28. The number of rotatable bonds is 6. The van der Waals surface area contributed by atoms with Crippen molar-refractivity contribution in [3.8, 4) is 0 Å². The van der Waals surface area contributed by atoms with E-state index >= 15 is 0 Å². The summed E-state index contributed by atoms with van der Waals surface area (Å²) in [5, 5.41) is 6.58. The van der Waals surface area contributed by atoms with E-state index in [9.17, 15) is 14.0 Å². The zero-order valence-corrected chi connectivity index (χ0v) is 13.8. The predicted molar refractivity (Wildman–Crippen MR) is 88.3 cm³/mol. The molecule has 0 bridgehead atoms. The molecule has 1 aliphatic rings. The van der Waals surface area contributed by atoms with Gasteiger partial charge in [0.25, 0.3) is 5.91 Å². The summed E-state index contributed by atoms with van der Waals surface area (Å²) < 4.78 is 18.2. The minimum absolute atomic E-state index is 0.0905. The average Bonchev–Trinajstić information content (AvgIpc) is 3.04. The van der Waals surface area contributed by atoms with Gasteiger partial charge in [-0.15, -0.1) is 0 Å². The Morgan fingerprint density at radius 3 is 2.68 bits per heavy atom. The van der Waals surface area contributed by atoms with Gasteiger partial charge in [0, 0.05) is 18.5 Å². The van der Waals surface area contributed by atoms with Crippen LogP contribution in [0.5, 0.6) is 0 Å². The van der Waals surface area contributed by atoms with Crippen LogP contribution in [0.3, 0.4) is 0 Å². The summed E-state index contributed by atoms with van der Waals surface area (Å²) in [5.74, 6) is -1.04. The molecule has 0 radical (unpaired) electrons. The fourth-order valence-electron chi connectivity index (χ4n) is 3.04. The molecule has 1 atom stereocenters. The molecule has 1 aromatic heterocycles. The lowest BCUT2D eigenvalue weighted by Crippen LogP contribution is -2.37. The summed E-state index contributed by atoms with van der Waals surface area (Å²) in [6, 6.07) is 5.85. The lowest BCUT2D eigenvalue weighted by molar-refractivity contribution is -0.121. The van der Waals surface area contributed by atoms with Crippen molar-refractivity contribution in [3.63, 3.8) is 0 Å². The van der Waals surface area contributed by atoms with E-state index in [0.717, 1.165) is 42.6 Å². The first kappa shape index (κ1) is 17.1. The number of carbonyl (C=O) groups excluding carboxylic acids is 2. The Hall–Kier alpha value is -2.70. The second-order valence-electron chi connectivity index (χ2n) is 6.28. The number of fused-ring (bicyclic) bond motifs is 1. The number of nitrogens with two attached hydrogens (primary N) is 1. The van der Waals surface area contributed by atoms with Crippen LogP contribution in [0.4, 0.5) is 4.39 Å². The van der Waals surface area contributed by atoms with Gasteiger partial charge in [-0.2, -0.15) is 0 Å². The lowest BCUT2D eigenvalue weighted by atomic mass is 9.96. The monoisotopic (exact) mass is 345 g/mol. The molecule has 1 unspecified atom stereocenters. The van der Waals surface area contributed by atoms with E-state index < -0.39 is 11.8 Å². The number of aryl methyl sites for hydroxylation is 1. The van der Waals surface area contributed by atoms with Gasteiger partial charge in [-0.05, 0) is 43.4 Å². The first-order chi connectivity index (χ1) is 12.0. The van der Waals surface area contributed by atoms with Crippen molar-refractivity contribution in [2.45, 2.75) is 32.1 Å². The van der Waals surface area contributed by atoms with Gasteiger partial charge in [0.05, 0.1) is 5.92 Å². The van der Waals surface area contributed by atoms with E-state index in [4.69, 9.17) is 10.3 Å². The molecule has 2 aromatic rings. The lowest BCUT2D eigenvalue weighted by Gasteiger charge is -2.14. The summed E-state index contributed by atoms with van der Waals surface area (Å²) in [5.41, 5.74) is 7.36. The Bertz CT molecular complexity index is 770. The number of amides is 2. The highest BCUT2D eigenvalue weighted by atomic mass is 19.1. The average molecular weight is 345 g/mol. The van der Waals surface area contributed by atoms with Crippen molar-refractivity contribution in [2.75, 3.05) is 6.54 Å². The first-order valence-electron chi connectivity index (χ1n) is 8.34. The molecule has 0 saturated carbocycles. The zero-order valence-electron chi connectivity index (χ0n) is 13.8. The Kier molecular flexibility index (Phi) is 5.11.